The molecule has 124 valence electrons. The van der Waals surface area contributed by atoms with Crippen molar-refractivity contribution in [3.8, 4) is 0 Å². The largest absolute Gasteiger partial charge is 0.381 e. The summed E-state index contributed by atoms with van der Waals surface area (Å²) in [6.45, 7) is 6.00. The van der Waals surface area contributed by atoms with Crippen molar-refractivity contribution in [3.63, 3.8) is 0 Å². The lowest BCUT2D eigenvalue weighted by Crippen LogP contribution is -2.34. The van der Waals surface area contributed by atoms with Crippen LogP contribution in [-0.4, -0.2) is 55.2 Å². The lowest BCUT2D eigenvalue weighted by Gasteiger charge is -2.28. The number of ether oxygens (including phenoxy) is 1. The highest BCUT2D eigenvalue weighted by atomic mass is 16.5. The molecule has 1 unspecified atom stereocenters. The average Bonchev–Trinajstić information content (AvgIpc) is 3.12. The molecule has 4 heterocycles. The summed E-state index contributed by atoms with van der Waals surface area (Å²) in [4.78, 5) is 21.3. The number of amides is 1. The Kier molecular flexibility index (Phi) is 4.07. The second-order valence-corrected chi connectivity index (χ2v) is 7.39. The number of aromatic nitrogens is 1. The molecule has 0 bridgehead atoms. The molecule has 5 heteroatoms. The molecule has 5 nitrogen and oxygen atoms in total. The molecule has 3 aliphatic heterocycles. The summed E-state index contributed by atoms with van der Waals surface area (Å²) in [6, 6.07) is 5.78. The lowest BCUT2D eigenvalue weighted by atomic mass is 9.86. The topological polar surface area (TPSA) is 45.7 Å². The van der Waals surface area contributed by atoms with Crippen LogP contribution in [0.1, 0.15) is 25.7 Å². The van der Waals surface area contributed by atoms with Crippen LogP contribution < -0.4 is 4.90 Å². The third-order valence-electron chi connectivity index (χ3n) is 5.62. The SMILES string of the molecule is O=C1CC2(CCN(CC3CCOCC3)C2)CN1c1ccccn1. The molecule has 23 heavy (non-hydrogen) atoms. The number of nitrogens with zero attached hydrogens (tertiary/aromatic N) is 3. The second-order valence-electron chi connectivity index (χ2n) is 7.39. The highest BCUT2D eigenvalue weighted by Crippen LogP contribution is 2.41. The third-order valence-corrected chi connectivity index (χ3v) is 5.62. The Morgan fingerprint density at radius 3 is 2.91 bits per heavy atom. The van der Waals surface area contributed by atoms with Crippen LogP contribution in [0.2, 0.25) is 0 Å². The van der Waals surface area contributed by atoms with Crippen molar-refractivity contribution >= 4 is 11.7 Å². The summed E-state index contributed by atoms with van der Waals surface area (Å²) in [5.41, 5.74) is 0.139. The van der Waals surface area contributed by atoms with E-state index in [1.165, 1.54) is 19.4 Å². The van der Waals surface area contributed by atoms with Crippen LogP contribution in [0.4, 0.5) is 5.82 Å². The van der Waals surface area contributed by atoms with E-state index >= 15 is 0 Å². The van der Waals surface area contributed by atoms with E-state index in [0.717, 1.165) is 51.0 Å². The van der Waals surface area contributed by atoms with Gasteiger partial charge in [0.1, 0.15) is 5.82 Å². The highest BCUT2D eigenvalue weighted by Gasteiger charge is 2.48. The number of likely N-dealkylation sites (tertiary alicyclic amines) is 1. The van der Waals surface area contributed by atoms with Crippen molar-refractivity contribution < 1.29 is 9.53 Å². The third kappa shape index (κ3) is 3.12. The molecule has 3 saturated heterocycles. The molecule has 1 aromatic rings. The fraction of sp³-hybridized carbons (Fsp3) is 0.667. The molecule has 3 fully saturated rings. The summed E-state index contributed by atoms with van der Waals surface area (Å²) in [5, 5.41) is 0. The van der Waals surface area contributed by atoms with E-state index in [1.807, 2.05) is 23.1 Å². The van der Waals surface area contributed by atoms with Crippen LogP contribution in [0.5, 0.6) is 0 Å². The Hall–Kier alpha value is -1.46. The molecule has 0 N–H and O–H groups in total. The minimum absolute atomic E-state index is 0.139. The predicted octanol–water partition coefficient (Wildman–Crippen LogP) is 1.94. The fourth-order valence-electron chi connectivity index (χ4n) is 4.37. The van der Waals surface area contributed by atoms with Crippen LogP contribution in [-0.2, 0) is 9.53 Å². The van der Waals surface area contributed by atoms with Gasteiger partial charge in [-0.15, -0.1) is 0 Å². The zero-order valence-corrected chi connectivity index (χ0v) is 13.6. The first-order chi connectivity index (χ1) is 11.2. The first-order valence-corrected chi connectivity index (χ1v) is 8.76. The molecule has 1 amide bonds. The maximum atomic E-state index is 12.5. The van der Waals surface area contributed by atoms with E-state index in [9.17, 15) is 4.79 Å². The van der Waals surface area contributed by atoms with E-state index in [2.05, 4.69) is 9.88 Å². The summed E-state index contributed by atoms with van der Waals surface area (Å²) in [6.07, 6.45) is 5.93. The van der Waals surface area contributed by atoms with E-state index in [1.54, 1.807) is 6.20 Å². The van der Waals surface area contributed by atoms with Crippen LogP contribution in [0.3, 0.4) is 0 Å². The highest BCUT2D eigenvalue weighted by molar-refractivity contribution is 5.95. The number of hydrogen-bond acceptors (Lipinski definition) is 4. The van der Waals surface area contributed by atoms with Gasteiger partial charge in [-0.2, -0.15) is 0 Å². The summed E-state index contributed by atoms with van der Waals surface area (Å²) in [7, 11) is 0. The first-order valence-electron chi connectivity index (χ1n) is 8.76. The summed E-state index contributed by atoms with van der Waals surface area (Å²) in [5.74, 6) is 1.80. The standard InChI is InChI=1S/C18H25N3O2/c22-17-11-18(14-21(17)16-3-1-2-7-19-16)6-8-20(13-18)12-15-4-9-23-10-5-15/h1-3,7,15H,4-6,8-14H2. The van der Waals surface area contributed by atoms with E-state index in [4.69, 9.17) is 4.74 Å². The van der Waals surface area contributed by atoms with Gasteiger partial charge in [0.2, 0.25) is 5.91 Å². The van der Waals surface area contributed by atoms with Crippen molar-refractivity contribution in [3.05, 3.63) is 24.4 Å². The molecule has 0 radical (unpaired) electrons. The van der Waals surface area contributed by atoms with Gasteiger partial charge in [0.25, 0.3) is 0 Å². The zero-order chi connectivity index (χ0) is 15.7. The molecule has 1 aromatic heterocycles. The molecule has 0 aliphatic carbocycles. The molecule has 1 atom stereocenters. The van der Waals surface area contributed by atoms with Gasteiger partial charge < -0.3 is 9.64 Å². The quantitative estimate of drug-likeness (QED) is 0.855. The van der Waals surface area contributed by atoms with Crippen molar-refractivity contribution in [1.82, 2.24) is 9.88 Å². The zero-order valence-electron chi connectivity index (χ0n) is 13.6. The van der Waals surface area contributed by atoms with Gasteiger partial charge in [-0.05, 0) is 43.9 Å². The Morgan fingerprint density at radius 1 is 1.26 bits per heavy atom. The van der Waals surface area contributed by atoms with Gasteiger partial charge in [0.15, 0.2) is 0 Å². The first kappa shape index (κ1) is 15.1. The number of rotatable bonds is 3. The van der Waals surface area contributed by atoms with Crippen molar-refractivity contribution in [2.75, 3.05) is 44.3 Å². The molecule has 0 saturated carbocycles. The predicted molar refractivity (Wildman–Crippen MR) is 88.2 cm³/mol. The maximum absolute atomic E-state index is 12.5. The van der Waals surface area contributed by atoms with Crippen molar-refractivity contribution in [2.24, 2.45) is 11.3 Å². The fourth-order valence-corrected chi connectivity index (χ4v) is 4.37. The van der Waals surface area contributed by atoms with Gasteiger partial charge in [0, 0.05) is 50.9 Å². The van der Waals surface area contributed by atoms with Gasteiger partial charge in [-0.3, -0.25) is 9.69 Å². The summed E-state index contributed by atoms with van der Waals surface area (Å²) >= 11 is 0. The van der Waals surface area contributed by atoms with E-state index in [-0.39, 0.29) is 11.3 Å². The van der Waals surface area contributed by atoms with E-state index in [0.29, 0.717) is 6.42 Å². The molecule has 1 spiro atoms. The van der Waals surface area contributed by atoms with Crippen LogP contribution >= 0.6 is 0 Å². The van der Waals surface area contributed by atoms with Crippen LogP contribution in [0, 0.1) is 11.3 Å². The number of pyridine rings is 1. The Bertz CT molecular complexity index is 559. The van der Waals surface area contributed by atoms with E-state index < -0.39 is 0 Å². The maximum Gasteiger partial charge on any atom is 0.228 e. The Morgan fingerprint density at radius 2 is 2.13 bits per heavy atom. The van der Waals surface area contributed by atoms with Crippen LogP contribution in [0.25, 0.3) is 0 Å². The minimum atomic E-state index is 0.139. The number of hydrogen-bond donors (Lipinski definition) is 0. The van der Waals surface area contributed by atoms with Crippen molar-refractivity contribution in [1.29, 1.82) is 0 Å². The molecule has 4 rings (SSSR count). The Balaban J connectivity index is 1.39. The average molecular weight is 315 g/mol. The lowest BCUT2D eigenvalue weighted by molar-refractivity contribution is -0.117. The Labute approximate surface area is 137 Å². The summed E-state index contributed by atoms with van der Waals surface area (Å²) < 4.78 is 5.46. The number of anilines is 1. The molecular formula is C18H25N3O2. The normalized spacial score (nSPS) is 29.7. The van der Waals surface area contributed by atoms with Crippen molar-refractivity contribution in [2.45, 2.75) is 25.7 Å². The van der Waals surface area contributed by atoms with Gasteiger partial charge in [0.05, 0.1) is 0 Å². The molecule has 0 aromatic carbocycles. The van der Waals surface area contributed by atoms with Gasteiger partial charge in [-0.1, -0.05) is 6.07 Å². The smallest absolute Gasteiger partial charge is 0.228 e. The second kappa shape index (κ2) is 6.21. The van der Waals surface area contributed by atoms with Crippen LogP contribution in [0.15, 0.2) is 24.4 Å². The monoisotopic (exact) mass is 315 g/mol. The molecule has 3 aliphatic rings. The minimum Gasteiger partial charge on any atom is -0.381 e. The van der Waals surface area contributed by atoms with Gasteiger partial charge in [-0.25, -0.2) is 4.98 Å². The molecular weight excluding hydrogens is 290 g/mol. The van der Waals surface area contributed by atoms with Gasteiger partial charge >= 0.3 is 0 Å². The number of carbonyl (C=O) groups is 1. The number of carbonyl (C=O) groups excluding carboxylic acids is 1.